The summed E-state index contributed by atoms with van der Waals surface area (Å²) in [5.74, 6) is 1.69. The zero-order chi connectivity index (χ0) is 18.8. The average molecular weight is 491 g/mol. The van der Waals surface area contributed by atoms with Crippen LogP contribution in [0.2, 0.25) is 0 Å². The Bertz CT molecular complexity index is 575. The summed E-state index contributed by atoms with van der Waals surface area (Å²) in [5.41, 5.74) is 1.18. The molecule has 0 bridgehead atoms. The van der Waals surface area contributed by atoms with E-state index in [-0.39, 0.29) is 35.5 Å². The number of hydrogen-bond donors (Lipinski definition) is 2. The van der Waals surface area contributed by atoms with Crippen LogP contribution in [0.15, 0.2) is 29.3 Å². The lowest BCUT2D eigenvalue weighted by molar-refractivity contribution is 0.0420. The van der Waals surface area contributed by atoms with Crippen LogP contribution < -0.4 is 15.4 Å². The van der Waals surface area contributed by atoms with E-state index in [0.29, 0.717) is 0 Å². The lowest BCUT2D eigenvalue weighted by Gasteiger charge is -2.27. The predicted molar refractivity (Wildman–Crippen MR) is 121 cm³/mol. The molecule has 0 amide bonds. The van der Waals surface area contributed by atoms with Crippen molar-refractivity contribution in [2.45, 2.75) is 38.2 Å². The Labute approximate surface area is 180 Å². The third-order valence-corrected chi connectivity index (χ3v) is 4.63. The van der Waals surface area contributed by atoms with Crippen molar-refractivity contribution in [2.75, 3.05) is 47.1 Å². The summed E-state index contributed by atoms with van der Waals surface area (Å²) in [6.07, 6.45) is 2.23. The minimum Gasteiger partial charge on any atom is -0.497 e. The maximum absolute atomic E-state index is 5.78. The molecule has 1 aromatic carbocycles. The first-order valence-electron chi connectivity index (χ1n) is 9.33. The standard InChI is InChI=1S/C20H33N3O3.HI/c1-20(2,16-7-5-8-17(13-16)24-4)15-23-19(21-3)22-10-6-11-26-18-9-12-25-14-18;/h5,7-8,13,18H,6,9-12,14-15H2,1-4H3,(H2,21,22,23);1H. The molecule has 0 aliphatic carbocycles. The molecule has 1 atom stereocenters. The van der Waals surface area contributed by atoms with Crippen molar-refractivity contribution in [1.29, 1.82) is 0 Å². The van der Waals surface area contributed by atoms with E-state index < -0.39 is 0 Å². The zero-order valence-corrected chi connectivity index (χ0v) is 19.2. The second-order valence-corrected chi connectivity index (χ2v) is 7.18. The van der Waals surface area contributed by atoms with Crippen LogP contribution in [0.5, 0.6) is 5.75 Å². The van der Waals surface area contributed by atoms with Gasteiger partial charge in [-0.2, -0.15) is 0 Å². The van der Waals surface area contributed by atoms with Crippen LogP contribution in [0.1, 0.15) is 32.3 Å². The highest BCUT2D eigenvalue weighted by Gasteiger charge is 2.21. The molecule has 0 spiro atoms. The molecule has 0 radical (unpaired) electrons. The maximum Gasteiger partial charge on any atom is 0.191 e. The highest BCUT2D eigenvalue weighted by Crippen LogP contribution is 2.25. The average Bonchev–Trinajstić information content (AvgIpc) is 3.17. The lowest BCUT2D eigenvalue weighted by atomic mass is 9.84. The number of nitrogens with zero attached hydrogens (tertiary/aromatic N) is 1. The van der Waals surface area contributed by atoms with E-state index in [0.717, 1.165) is 57.5 Å². The first kappa shape index (κ1) is 24.0. The van der Waals surface area contributed by atoms with E-state index in [4.69, 9.17) is 14.2 Å². The normalized spacial score (nSPS) is 17.3. The van der Waals surface area contributed by atoms with E-state index in [2.05, 4.69) is 41.6 Å². The Morgan fingerprint density at radius 1 is 1.33 bits per heavy atom. The molecule has 1 aromatic rings. The fourth-order valence-corrected chi connectivity index (χ4v) is 2.84. The molecule has 6 nitrogen and oxygen atoms in total. The van der Waals surface area contributed by atoms with E-state index >= 15 is 0 Å². The molecule has 1 saturated heterocycles. The summed E-state index contributed by atoms with van der Waals surface area (Å²) in [4.78, 5) is 4.30. The highest BCUT2D eigenvalue weighted by molar-refractivity contribution is 14.0. The fraction of sp³-hybridized carbons (Fsp3) is 0.650. The first-order valence-corrected chi connectivity index (χ1v) is 9.33. The summed E-state index contributed by atoms with van der Waals surface area (Å²) in [5, 5.41) is 6.76. The van der Waals surface area contributed by atoms with Gasteiger partial charge < -0.3 is 24.8 Å². The number of rotatable bonds is 9. The molecule has 1 aliphatic rings. The van der Waals surface area contributed by atoms with Crippen molar-refractivity contribution >= 4 is 29.9 Å². The van der Waals surface area contributed by atoms with Gasteiger partial charge in [0.2, 0.25) is 0 Å². The van der Waals surface area contributed by atoms with Gasteiger partial charge in [0.05, 0.1) is 19.8 Å². The van der Waals surface area contributed by atoms with E-state index in [1.165, 1.54) is 5.56 Å². The zero-order valence-electron chi connectivity index (χ0n) is 16.9. The summed E-state index contributed by atoms with van der Waals surface area (Å²) < 4.78 is 16.4. The molecule has 1 unspecified atom stereocenters. The van der Waals surface area contributed by atoms with E-state index in [1.807, 2.05) is 12.1 Å². The molecule has 2 N–H and O–H groups in total. The minimum absolute atomic E-state index is 0. The van der Waals surface area contributed by atoms with Crippen LogP contribution in [0.4, 0.5) is 0 Å². The SMILES string of the molecule is CN=C(NCCCOC1CCOC1)NCC(C)(C)c1cccc(OC)c1.I. The minimum atomic E-state index is -0.0439. The Balaban J connectivity index is 0.00000364. The molecule has 27 heavy (non-hydrogen) atoms. The van der Waals surface area contributed by atoms with Gasteiger partial charge >= 0.3 is 0 Å². The number of methoxy groups -OCH3 is 1. The van der Waals surface area contributed by atoms with Crippen molar-refractivity contribution in [3.63, 3.8) is 0 Å². The van der Waals surface area contributed by atoms with Crippen LogP contribution in [-0.2, 0) is 14.9 Å². The Hall–Kier alpha value is -1.06. The van der Waals surface area contributed by atoms with Gasteiger partial charge in [0, 0.05) is 38.8 Å². The van der Waals surface area contributed by atoms with Gasteiger partial charge in [0.25, 0.3) is 0 Å². The molecule has 154 valence electrons. The van der Waals surface area contributed by atoms with Crippen LogP contribution in [0, 0.1) is 0 Å². The molecule has 7 heteroatoms. The third kappa shape index (κ3) is 8.23. The molecule has 1 aliphatic heterocycles. The second kappa shape index (κ2) is 12.4. The largest absolute Gasteiger partial charge is 0.497 e. The lowest BCUT2D eigenvalue weighted by Crippen LogP contribution is -2.43. The number of halogens is 1. The van der Waals surface area contributed by atoms with Crippen molar-refractivity contribution in [3.05, 3.63) is 29.8 Å². The van der Waals surface area contributed by atoms with Crippen molar-refractivity contribution in [2.24, 2.45) is 4.99 Å². The van der Waals surface area contributed by atoms with Gasteiger partial charge in [0.15, 0.2) is 5.96 Å². The van der Waals surface area contributed by atoms with Crippen LogP contribution in [0.25, 0.3) is 0 Å². The molecule has 1 heterocycles. The van der Waals surface area contributed by atoms with Crippen LogP contribution in [0.3, 0.4) is 0 Å². The second-order valence-electron chi connectivity index (χ2n) is 7.18. The number of nitrogens with one attached hydrogen (secondary N) is 2. The van der Waals surface area contributed by atoms with Crippen molar-refractivity contribution in [1.82, 2.24) is 10.6 Å². The number of guanidine groups is 1. The van der Waals surface area contributed by atoms with Gasteiger partial charge in [0.1, 0.15) is 5.75 Å². The summed E-state index contributed by atoms with van der Waals surface area (Å²) in [6.45, 7) is 8.31. The van der Waals surface area contributed by atoms with Crippen molar-refractivity contribution < 1.29 is 14.2 Å². The van der Waals surface area contributed by atoms with Gasteiger partial charge in [-0.15, -0.1) is 24.0 Å². The van der Waals surface area contributed by atoms with E-state index in [1.54, 1.807) is 14.2 Å². The molecule has 1 fully saturated rings. The topological polar surface area (TPSA) is 64.1 Å². The number of ether oxygens (including phenoxy) is 3. The predicted octanol–water partition coefficient (Wildman–Crippen LogP) is 2.95. The quantitative estimate of drug-likeness (QED) is 0.241. The fourth-order valence-electron chi connectivity index (χ4n) is 2.84. The molecule has 0 aromatic heterocycles. The summed E-state index contributed by atoms with van der Waals surface area (Å²) in [6, 6.07) is 8.21. The Kier molecular flexibility index (Phi) is 11.0. The summed E-state index contributed by atoms with van der Waals surface area (Å²) in [7, 11) is 3.49. The van der Waals surface area contributed by atoms with Crippen LogP contribution >= 0.6 is 24.0 Å². The molecule has 2 rings (SSSR count). The van der Waals surface area contributed by atoms with Gasteiger partial charge in [-0.3, -0.25) is 4.99 Å². The molecular formula is C20H34IN3O3. The Morgan fingerprint density at radius 3 is 2.81 bits per heavy atom. The van der Waals surface area contributed by atoms with Gasteiger partial charge in [-0.25, -0.2) is 0 Å². The number of benzene rings is 1. The molecule has 0 saturated carbocycles. The maximum atomic E-state index is 5.78. The molecular weight excluding hydrogens is 457 g/mol. The monoisotopic (exact) mass is 491 g/mol. The summed E-state index contributed by atoms with van der Waals surface area (Å²) >= 11 is 0. The number of aliphatic imine (C=N–C) groups is 1. The first-order chi connectivity index (χ1) is 12.5. The van der Waals surface area contributed by atoms with Gasteiger partial charge in [-0.05, 0) is 30.5 Å². The Morgan fingerprint density at radius 2 is 2.15 bits per heavy atom. The van der Waals surface area contributed by atoms with Crippen LogP contribution in [-0.4, -0.2) is 59.1 Å². The third-order valence-electron chi connectivity index (χ3n) is 4.63. The smallest absolute Gasteiger partial charge is 0.191 e. The highest BCUT2D eigenvalue weighted by atomic mass is 127. The number of hydrogen-bond acceptors (Lipinski definition) is 4. The van der Waals surface area contributed by atoms with Gasteiger partial charge in [-0.1, -0.05) is 26.0 Å². The van der Waals surface area contributed by atoms with E-state index in [9.17, 15) is 0 Å². The van der Waals surface area contributed by atoms with Crippen molar-refractivity contribution in [3.8, 4) is 5.75 Å².